The number of aromatic nitrogens is 5. The summed E-state index contributed by atoms with van der Waals surface area (Å²) in [6, 6.07) is 12.1. The van der Waals surface area contributed by atoms with Crippen LogP contribution < -0.4 is 0 Å². The van der Waals surface area contributed by atoms with Crippen LogP contribution in [0.15, 0.2) is 53.9 Å². The minimum atomic E-state index is 0.697. The first-order valence-corrected chi connectivity index (χ1v) is 9.76. The Balaban J connectivity index is 1.58. The van der Waals surface area contributed by atoms with Gasteiger partial charge in [0.05, 0.1) is 10.7 Å². The second kappa shape index (κ2) is 7.13. The first-order chi connectivity index (χ1) is 12.6. The van der Waals surface area contributed by atoms with Crippen molar-refractivity contribution in [3.05, 3.63) is 65.1 Å². The molecule has 26 heavy (non-hydrogen) atoms. The Bertz CT molecular complexity index is 1070. The highest BCUT2D eigenvalue weighted by atomic mass is 35.5. The molecule has 0 aliphatic heterocycles. The van der Waals surface area contributed by atoms with E-state index in [4.69, 9.17) is 11.6 Å². The Kier molecular flexibility index (Phi) is 4.70. The molecule has 5 nitrogen and oxygen atoms in total. The number of hydrogen-bond acceptors (Lipinski definition) is 4. The Morgan fingerprint density at radius 1 is 1.12 bits per heavy atom. The average Bonchev–Trinajstić information content (AvgIpc) is 3.22. The lowest BCUT2D eigenvalue weighted by atomic mass is 10.1. The van der Waals surface area contributed by atoms with Gasteiger partial charge in [-0.05, 0) is 32.0 Å². The minimum Gasteiger partial charge on any atom is -0.305 e. The van der Waals surface area contributed by atoms with Gasteiger partial charge in [0.25, 0.3) is 0 Å². The second-order valence-corrected chi connectivity index (χ2v) is 7.43. The third-order valence-electron chi connectivity index (χ3n) is 4.12. The van der Waals surface area contributed by atoms with Gasteiger partial charge in [0.2, 0.25) is 0 Å². The Morgan fingerprint density at radius 3 is 2.81 bits per heavy atom. The number of halogens is 1. The van der Waals surface area contributed by atoms with E-state index >= 15 is 0 Å². The zero-order valence-corrected chi connectivity index (χ0v) is 16.1. The lowest BCUT2D eigenvalue weighted by molar-refractivity contribution is 0.687. The Labute approximate surface area is 161 Å². The normalized spacial score (nSPS) is 11.3. The van der Waals surface area contributed by atoms with E-state index in [0.29, 0.717) is 5.02 Å². The molecule has 0 bridgehead atoms. The van der Waals surface area contributed by atoms with Crippen LogP contribution in [0.25, 0.3) is 17.0 Å². The van der Waals surface area contributed by atoms with E-state index in [2.05, 4.69) is 51.8 Å². The zero-order valence-electron chi connectivity index (χ0n) is 14.6. The highest BCUT2D eigenvalue weighted by Crippen LogP contribution is 2.27. The fourth-order valence-corrected chi connectivity index (χ4v) is 3.96. The van der Waals surface area contributed by atoms with Crippen molar-refractivity contribution >= 4 is 29.0 Å². The predicted octanol–water partition coefficient (Wildman–Crippen LogP) is 4.87. The fourth-order valence-electron chi connectivity index (χ4n) is 2.90. The molecule has 0 spiro atoms. The van der Waals surface area contributed by atoms with Gasteiger partial charge >= 0.3 is 0 Å². The van der Waals surface area contributed by atoms with Crippen LogP contribution in [-0.2, 0) is 12.3 Å². The monoisotopic (exact) mass is 383 g/mol. The van der Waals surface area contributed by atoms with Gasteiger partial charge in [-0.1, -0.05) is 47.1 Å². The summed E-state index contributed by atoms with van der Waals surface area (Å²) >= 11 is 7.68. The number of nitrogens with zero attached hydrogens (tertiary/aromatic N) is 5. The van der Waals surface area contributed by atoms with Gasteiger partial charge in [-0.2, -0.15) is 0 Å². The van der Waals surface area contributed by atoms with Crippen LogP contribution in [0.3, 0.4) is 0 Å². The lowest BCUT2D eigenvalue weighted by Gasteiger charge is -2.07. The van der Waals surface area contributed by atoms with Crippen LogP contribution in [0.4, 0.5) is 0 Å². The molecule has 3 aromatic heterocycles. The van der Waals surface area contributed by atoms with E-state index in [1.807, 2.05) is 35.0 Å². The minimum absolute atomic E-state index is 0.697. The number of hydrogen-bond donors (Lipinski definition) is 0. The summed E-state index contributed by atoms with van der Waals surface area (Å²) < 4.78 is 4.09. The topological polar surface area (TPSA) is 48.0 Å². The van der Waals surface area contributed by atoms with Gasteiger partial charge in [0.1, 0.15) is 5.65 Å². The number of imidazole rings is 1. The highest BCUT2D eigenvalue weighted by molar-refractivity contribution is 7.98. The Hall–Kier alpha value is -2.31. The molecular formula is C19H18ClN5S. The van der Waals surface area contributed by atoms with Crippen molar-refractivity contribution in [2.75, 3.05) is 0 Å². The van der Waals surface area contributed by atoms with Gasteiger partial charge in [-0.3, -0.25) is 0 Å². The van der Waals surface area contributed by atoms with Gasteiger partial charge < -0.3 is 8.97 Å². The van der Waals surface area contributed by atoms with Crippen molar-refractivity contribution in [3.8, 4) is 11.4 Å². The molecule has 0 N–H and O–H groups in total. The van der Waals surface area contributed by atoms with Crippen LogP contribution in [0, 0.1) is 6.92 Å². The zero-order chi connectivity index (χ0) is 18.1. The van der Waals surface area contributed by atoms with E-state index < -0.39 is 0 Å². The summed E-state index contributed by atoms with van der Waals surface area (Å²) in [5.41, 5.74) is 4.18. The maximum Gasteiger partial charge on any atom is 0.191 e. The largest absolute Gasteiger partial charge is 0.305 e. The number of rotatable bonds is 5. The first-order valence-electron chi connectivity index (χ1n) is 8.40. The standard InChI is InChI=1S/C19H18ClN5S/c1-3-25-18(14-6-4-5-13(2)9-14)22-23-19(25)26-12-16-11-24-10-15(20)7-8-17(24)21-16/h4-11H,3,12H2,1-2H3. The molecule has 0 fully saturated rings. The molecule has 0 radical (unpaired) electrons. The molecule has 7 heteroatoms. The van der Waals surface area contributed by atoms with Crippen molar-refractivity contribution in [1.82, 2.24) is 24.1 Å². The van der Waals surface area contributed by atoms with E-state index in [1.165, 1.54) is 5.56 Å². The van der Waals surface area contributed by atoms with E-state index in [0.717, 1.165) is 40.2 Å². The molecule has 0 atom stereocenters. The van der Waals surface area contributed by atoms with Crippen LogP contribution in [0.5, 0.6) is 0 Å². The van der Waals surface area contributed by atoms with E-state index in [-0.39, 0.29) is 0 Å². The van der Waals surface area contributed by atoms with Crippen LogP contribution in [0.2, 0.25) is 5.02 Å². The van der Waals surface area contributed by atoms with Crippen LogP contribution >= 0.6 is 23.4 Å². The highest BCUT2D eigenvalue weighted by Gasteiger charge is 2.14. The first kappa shape index (κ1) is 17.1. The van der Waals surface area contributed by atoms with Crippen molar-refractivity contribution in [2.24, 2.45) is 0 Å². The number of thioether (sulfide) groups is 1. The average molecular weight is 384 g/mol. The molecule has 0 amide bonds. The molecule has 0 aliphatic rings. The molecule has 1 aromatic carbocycles. The van der Waals surface area contributed by atoms with Gasteiger partial charge in [-0.25, -0.2) is 4.98 Å². The molecule has 3 heterocycles. The molecule has 132 valence electrons. The van der Waals surface area contributed by atoms with Gasteiger partial charge in [0.15, 0.2) is 11.0 Å². The predicted molar refractivity (Wildman–Crippen MR) is 106 cm³/mol. The quantitative estimate of drug-likeness (QED) is 0.461. The summed E-state index contributed by atoms with van der Waals surface area (Å²) in [6.07, 6.45) is 3.87. The molecule has 0 saturated heterocycles. The number of aryl methyl sites for hydroxylation is 1. The number of pyridine rings is 1. The summed E-state index contributed by atoms with van der Waals surface area (Å²) in [7, 11) is 0. The molecular weight excluding hydrogens is 366 g/mol. The van der Waals surface area contributed by atoms with Crippen LogP contribution in [0.1, 0.15) is 18.2 Å². The molecule has 0 saturated carbocycles. The maximum atomic E-state index is 6.04. The molecule has 4 aromatic rings. The smallest absolute Gasteiger partial charge is 0.191 e. The van der Waals surface area contributed by atoms with Crippen molar-refractivity contribution in [2.45, 2.75) is 31.3 Å². The third-order valence-corrected chi connectivity index (χ3v) is 5.35. The molecule has 0 aliphatic carbocycles. The second-order valence-electron chi connectivity index (χ2n) is 6.05. The van der Waals surface area contributed by atoms with E-state index in [9.17, 15) is 0 Å². The summed E-state index contributed by atoms with van der Waals surface area (Å²) in [6.45, 7) is 5.01. The van der Waals surface area contributed by atoms with Crippen molar-refractivity contribution < 1.29 is 0 Å². The van der Waals surface area contributed by atoms with Crippen molar-refractivity contribution in [1.29, 1.82) is 0 Å². The molecule has 4 rings (SSSR count). The number of fused-ring (bicyclic) bond motifs is 1. The summed E-state index contributed by atoms with van der Waals surface area (Å²) in [5.74, 6) is 1.63. The van der Waals surface area contributed by atoms with Gasteiger partial charge in [-0.15, -0.1) is 10.2 Å². The SMILES string of the molecule is CCn1c(SCc2cn3cc(Cl)ccc3n2)nnc1-c1cccc(C)c1. The summed E-state index contributed by atoms with van der Waals surface area (Å²) in [5, 5.41) is 10.4. The maximum absolute atomic E-state index is 6.04. The molecule has 0 unspecified atom stereocenters. The van der Waals surface area contributed by atoms with Crippen molar-refractivity contribution in [3.63, 3.8) is 0 Å². The Morgan fingerprint density at radius 2 is 2.00 bits per heavy atom. The third kappa shape index (κ3) is 3.34. The van der Waals surface area contributed by atoms with Crippen LogP contribution in [-0.4, -0.2) is 24.1 Å². The summed E-state index contributed by atoms with van der Waals surface area (Å²) in [4.78, 5) is 4.63. The van der Waals surface area contributed by atoms with Gasteiger partial charge in [0, 0.05) is 30.3 Å². The fraction of sp³-hybridized carbons (Fsp3) is 0.211. The van der Waals surface area contributed by atoms with E-state index in [1.54, 1.807) is 11.8 Å². The lowest BCUT2D eigenvalue weighted by Crippen LogP contribution is -2.00. The number of benzene rings is 1.